The first-order valence-corrected chi connectivity index (χ1v) is 7.80. The third-order valence-electron chi connectivity index (χ3n) is 3.83. The molecule has 2 amide bonds. The normalized spacial score (nSPS) is 10.6. The topological polar surface area (TPSA) is 78.4 Å². The lowest BCUT2D eigenvalue weighted by molar-refractivity contribution is -0.115. The van der Waals surface area contributed by atoms with Crippen molar-refractivity contribution in [2.75, 3.05) is 11.9 Å². The number of hydrogen-bond acceptors (Lipinski definition) is 3. The number of benzene rings is 3. The van der Waals surface area contributed by atoms with Gasteiger partial charge >= 0.3 is 0 Å². The van der Waals surface area contributed by atoms with Gasteiger partial charge in [-0.25, -0.2) is 13.2 Å². The van der Waals surface area contributed by atoms with Gasteiger partial charge < -0.3 is 15.7 Å². The highest BCUT2D eigenvalue weighted by Crippen LogP contribution is 2.25. The van der Waals surface area contributed by atoms with Crippen LogP contribution in [0.4, 0.5) is 18.9 Å². The number of aromatic hydroxyl groups is 1. The maximum atomic E-state index is 13.5. The van der Waals surface area contributed by atoms with Gasteiger partial charge in [-0.15, -0.1) is 0 Å². The van der Waals surface area contributed by atoms with Crippen molar-refractivity contribution in [2.24, 2.45) is 0 Å². The van der Waals surface area contributed by atoms with Gasteiger partial charge in [0.15, 0.2) is 17.5 Å². The molecule has 5 nitrogen and oxygen atoms in total. The molecule has 138 valence electrons. The number of fused-ring (bicyclic) bond motifs is 1. The summed E-state index contributed by atoms with van der Waals surface area (Å²) in [4.78, 5) is 24.0. The number of rotatable bonds is 4. The van der Waals surface area contributed by atoms with Gasteiger partial charge in [-0.2, -0.15) is 0 Å². The van der Waals surface area contributed by atoms with Crippen molar-refractivity contribution < 1.29 is 27.9 Å². The largest absolute Gasteiger partial charge is 0.507 e. The Labute approximate surface area is 151 Å². The van der Waals surface area contributed by atoms with Crippen LogP contribution in [0.1, 0.15) is 10.4 Å². The van der Waals surface area contributed by atoms with Gasteiger partial charge in [0.2, 0.25) is 5.91 Å². The molecule has 0 atom stereocenters. The number of phenolic OH excluding ortho intramolecular Hbond substituents is 1. The van der Waals surface area contributed by atoms with Crippen LogP contribution in [0.5, 0.6) is 5.75 Å². The van der Waals surface area contributed by atoms with Crippen LogP contribution in [0.2, 0.25) is 0 Å². The van der Waals surface area contributed by atoms with E-state index in [1.54, 1.807) is 24.3 Å². The summed E-state index contributed by atoms with van der Waals surface area (Å²) in [5.41, 5.74) is -0.595. The predicted molar refractivity (Wildman–Crippen MR) is 92.9 cm³/mol. The second-order valence-corrected chi connectivity index (χ2v) is 5.67. The van der Waals surface area contributed by atoms with Gasteiger partial charge in [-0.1, -0.05) is 24.3 Å². The van der Waals surface area contributed by atoms with Crippen molar-refractivity contribution in [3.05, 3.63) is 71.5 Å². The zero-order valence-electron chi connectivity index (χ0n) is 13.7. The summed E-state index contributed by atoms with van der Waals surface area (Å²) in [7, 11) is 0. The number of amides is 2. The minimum atomic E-state index is -1.71. The molecule has 0 fully saturated rings. The summed E-state index contributed by atoms with van der Waals surface area (Å²) in [5, 5.41) is 15.7. The summed E-state index contributed by atoms with van der Waals surface area (Å²) in [5.74, 6) is -6.48. The Morgan fingerprint density at radius 1 is 0.926 bits per heavy atom. The molecular formula is C19H13F3N2O3. The highest BCUT2D eigenvalue weighted by atomic mass is 19.2. The van der Waals surface area contributed by atoms with Gasteiger partial charge in [0.1, 0.15) is 5.75 Å². The maximum Gasteiger partial charge on any atom is 0.255 e. The Morgan fingerprint density at radius 2 is 1.59 bits per heavy atom. The van der Waals surface area contributed by atoms with E-state index in [2.05, 4.69) is 5.32 Å². The van der Waals surface area contributed by atoms with Crippen molar-refractivity contribution in [1.82, 2.24) is 5.32 Å². The van der Waals surface area contributed by atoms with Crippen LogP contribution in [0.15, 0.2) is 48.5 Å². The van der Waals surface area contributed by atoms with Gasteiger partial charge in [0.05, 0.1) is 17.8 Å². The molecule has 0 bridgehead atoms. The molecule has 0 aliphatic carbocycles. The van der Waals surface area contributed by atoms with Crippen molar-refractivity contribution >= 4 is 28.3 Å². The average Bonchev–Trinajstić information content (AvgIpc) is 2.66. The van der Waals surface area contributed by atoms with Crippen LogP contribution in [0.25, 0.3) is 10.8 Å². The summed E-state index contributed by atoms with van der Waals surface area (Å²) in [6.45, 7) is -0.566. The van der Waals surface area contributed by atoms with E-state index < -0.39 is 41.5 Å². The SMILES string of the molecule is O=C(CNC(=O)c1cc2ccccc2cc1O)Nc1ccc(F)c(F)c1F. The third kappa shape index (κ3) is 3.84. The number of hydrogen-bond donors (Lipinski definition) is 3. The van der Waals surface area contributed by atoms with E-state index in [0.29, 0.717) is 11.5 Å². The molecule has 0 spiro atoms. The van der Waals surface area contributed by atoms with E-state index in [1.165, 1.54) is 12.1 Å². The Hall–Kier alpha value is -3.55. The fourth-order valence-electron chi connectivity index (χ4n) is 2.48. The minimum absolute atomic E-state index is 0.0412. The first kappa shape index (κ1) is 18.2. The molecule has 0 saturated carbocycles. The second kappa shape index (κ2) is 7.36. The maximum absolute atomic E-state index is 13.5. The number of anilines is 1. The van der Waals surface area contributed by atoms with Crippen LogP contribution in [0.3, 0.4) is 0 Å². The monoisotopic (exact) mass is 374 g/mol. The number of carbonyl (C=O) groups is 2. The molecule has 3 N–H and O–H groups in total. The van der Waals surface area contributed by atoms with Crippen molar-refractivity contribution in [3.8, 4) is 5.75 Å². The lowest BCUT2D eigenvalue weighted by atomic mass is 10.1. The zero-order valence-corrected chi connectivity index (χ0v) is 13.7. The van der Waals surface area contributed by atoms with Crippen LogP contribution < -0.4 is 10.6 Å². The standard InChI is InChI=1S/C19H13F3N2O3/c20-13-5-6-14(18(22)17(13)21)24-16(26)9-23-19(27)12-7-10-3-1-2-4-11(10)8-15(12)25/h1-8,25H,9H2,(H,23,27)(H,24,26). The molecule has 3 aromatic rings. The average molecular weight is 374 g/mol. The molecule has 3 aromatic carbocycles. The highest BCUT2D eigenvalue weighted by Gasteiger charge is 2.17. The molecule has 0 unspecified atom stereocenters. The molecule has 27 heavy (non-hydrogen) atoms. The van der Waals surface area contributed by atoms with E-state index in [0.717, 1.165) is 11.5 Å². The number of carbonyl (C=O) groups excluding carboxylic acids is 2. The zero-order chi connectivity index (χ0) is 19.6. The fourth-order valence-corrected chi connectivity index (χ4v) is 2.48. The van der Waals surface area contributed by atoms with Crippen LogP contribution in [0, 0.1) is 17.5 Å². The van der Waals surface area contributed by atoms with Crippen molar-refractivity contribution in [3.63, 3.8) is 0 Å². The van der Waals surface area contributed by atoms with Crippen LogP contribution in [-0.4, -0.2) is 23.5 Å². The molecule has 0 saturated heterocycles. The first-order valence-electron chi connectivity index (χ1n) is 7.80. The van der Waals surface area contributed by atoms with Gasteiger partial charge in [-0.3, -0.25) is 9.59 Å². The predicted octanol–water partition coefficient (Wildman–Crippen LogP) is 3.33. The fraction of sp³-hybridized carbons (Fsp3) is 0.0526. The van der Waals surface area contributed by atoms with Gasteiger partial charge in [-0.05, 0) is 35.0 Å². The highest BCUT2D eigenvalue weighted by molar-refractivity contribution is 6.03. The van der Waals surface area contributed by atoms with Crippen LogP contribution >= 0.6 is 0 Å². The molecule has 0 aliphatic rings. The van der Waals surface area contributed by atoms with Crippen molar-refractivity contribution in [2.45, 2.75) is 0 Å². The molecular weight excluding hydrogens is 361 g/mol. The number of halogens is 3. The second-order valence-electron chi connectivity index (χ2n) is 5.67. The van der Waals surface area contributed by atoms with E-state index in [9.17, 15) is 27.9 Å². The number of phenols is 1. The Balaban J connectivity index is 1.68. The molecule has 0 aliphatic heterocycles. The van der Waals surface area contributed by atoms with E-state index in [-0.39, 0.29) is 11.3 Å². The number of nitrogens with one attached hydrogen (secondary N) is 2. The van der Waals surface area contributed by atoms with Crippen molar-refractivity contribution in [1.29, 1.82) is 0 Å². The lowest BCUT2D eigenvalue weighted by Crippen LogP contribution is -2.33. The summed E-state index contributed by atoms with van der Waals surface area (Å²) < 4.78 is 39.6. The van der Waals surface area contributed by atoms with E-state index in [1.807, 2.05) is 5.32 Å². The summed E-state index contributed by atoms with van der Waals surface area (Å²) in [6.07, 6.45) is 0. The Kier molecular flexibility index (Phi) is 4.98. The molecule has 0 radical (unpaired) electrons. The lowest BCUT2D eigenvalue weighted by Gasteiger charge is -2.10. The Bertz CT molecular complexity index is 1050. The van der Waals surface area contributed by atoms with E-state index in [4.69, 9.17) is 0 Å². The third-order valence-corrected chi connectivity index (χ3v) is 3.83. The van der Waals surface area contributed by atoms with E-state index >= 15 is 0 Å². The first-order chi connectivity index (χ1) is 12.9. The summed E-state index contributed by atoms with van der Waals surface area (Å²) >= 11 is 0. The molecule has 8 heteroatoms. The molecule has 3 rings (SSSR count). The smallest absolute Gasteiger partial charge is 0.255 e. The van der Waals surface area contributed by atoms with Gasteiger partial charge in [0.25, 0.3) is 5.91 Å². The van der Waals surface area contributed by atoms with Crippen LogP contribution in [-0.2, 0) is 4.79 Å². The quantitative estimate of drug-likeness (QED) is 0.613. The minimum Gasteiger partial charge on any atom is -0.507 e. The Morgan fingerprint density at radius 3 is 2.30 bits per heavy atom. The molecule has 0 aromatic heterocycles. The summed E-state index contributed by atoms with van der Waals surface area (Å²) in [6, 6.07) is 11.5. The van der Waals surface area contributed by atoms with Gasteiger partial charge in [0, 0.05) is 0 Å². The molecule has 0 heterocycles.